The van der Waals surface area contributed by atoms with Crippen LogP contribution in [0, 0.1) is 45.3 Å². The van der Waals surface area contributed by atoms with Crippen LogP contribution in [-0.2, 0) is 19.3 Å². The molecule has 0 spiro atoms. The van der Waals surface area contributed by atoms with Crippen LogP contribution in [0.15, 0.2) is 30.3 Å². The lowest BCUT2D eigenvalue weighted by atomic mass is 9.32. The Kier molecular flexibility index (Phi) is 13.4. The van der Waals surface area contributed by atoms with E-state index in [1.807, 2.05) is 33.1 Å². The van der Waals surface area contributed by atoms with E-state index in [2.05, 4.69) is 76.9 Å². The molecule has 1 aliphatic heterocycles. The molecule has 8 heteroatoms. The lowest BCUT2D eigenvalue weighted by Gasteiger charge is -2.73. The van der Waals surface area contributed by atoms with Gasteiger partial charge in [0.2, 0.25) is 0 Å². The fraction of sp³-hybridized carbons (Fsp3) is 0.809. The second kappa shape index (κ2) is 16.6. The number of carbonyl (C=O) groups is 1. The zero-order valence-electron chi connectivity index (χ0n) is 36.9. The summed E-state index contributed by atoms with van der Waals surface area (Å²) in [4.78, 5) is 14.4. The molecule has 7 nitrogen and oxygen atoms in total. The number of Topliss-reactive ketones (excluding diaryl/α,β-unsaturated/α-hetero) is 1. The molecule has 5 aliphatic rings. The van der Waals surface area contributed by atoms with Crippen molar-refractivity contribution in [1.29, 1.82) is 0 Å². The lowest BCUT2D eigenvalue weighted by molar-refractivity contribution is -0.226. The summed E-state index contributed by atoms with van der Waals surface area (Å²) < 4.78 is 36.4. The summed E-state index contributed by atoms with van der Waals surface area (Å²) in [6.45, 7) is 27.0. The number of rotatable bonds is 12. The van der Waals surface area contributed by atoms with E-state index < -0.39 is 9.84 Å². The maximum Gasteiger partial charge on any atom is 0.159 e. The first-order valence-corrected chi connectivity index (χ1v) is 23.7. The molecule has 1 heterocycles. The summed E-state index contributed by atoms with van der Waals surface area (Å²) in [6, 6.07) is 8.37. The van der Waals surface area contributed by atoms with Gasteiger partial charge in [0.05, 0.1) is 23.7 Å². The normalized spacial score (nSPS) is 37.9. The van der Waals surface area contributed by atoms with Gasteiger partial charge in [0, 0.05) is 52.9 Å². The van der Waals surface area contributed by atoms with Crippen LogP contribution in [0.2, 0.25) is 0 Å². The molecule has 3 saturated carbocycles. The number of hydrogen-bond donors (Lipinski definition) is 1. The quantitative estimate of drug-likeness (QED) is 0.211. The monoisotopic (exact) mass is 785 g/mol. The molecular formula is C47H80N2O5S. The van der Waals surface area contributed by atoms with Crippen molar-refractivity contribution in [3.05, 3.63) is 41.5 Å². The molecule has 1 saturated heterocycles. The summed E-state index contributed by atoms with van der Waals surface area (Å²) in [5, 5.41) is 4.21. The molecule has 1 aromatic rings. The number of hydrogen-bond acceptors (Lipinski definition) is 7. The van der Waals surface area contributed by atoms with Gasteiger partial charge >= 0.3 is 0 Å². The van der Waals surface area contributed by atoms with Gasteiger partial charge in [-0.1, -0.05) is 85.7 Å². The third-order valence-electron chi connectivity index (χ3n) is 17.0. The Bertz CT molecular complexity index is 1630. The minimum atomic E-state index is -2.89. The van der Waals surface area contributed by atoms with Gasteiger partial charge in [0.15, 0.2) is 15.6 Å². The number of methoxy groups -OCH3 is 2. The van der Waals surface area contributed by atoms with Crippen LogP contribution >= 0.6 is 0 Å². The highest BCUT2D eigenvalue weighted by Gasteiger charge is 2.69. The molecule has 0 radical (unpaired) electrons. The van der Waals surface area contributed by atoms with Gasteiger partial charge in [0.25, 0.3) is 0 Å². The van der Waals surface area contributed by atoms with E-state index in [0.29, 0.717) is 43.4 Å². The summed E-state index contributed by atoms with van der Waals surface area (Å²) in [5.74, 6) is 2.93. The SMILES string of the molecule is CC.CC[C@]1(NCCN2CCS(=O)(=O)CC2)CC[C@]2(C)[C@H](CC[C@@H]3[C@@]4(C)CC=C(c5ccc(C(C)=O)cc5)C(C)(C)[C@@H]4CC[C@]32C)[C@H]1CC(C)(COC)OC.[HH]. The van der Waals surface area contributed by atoms with Crippen LogP contribution in [0.5, 0.6) is 0 Å². The van der Waals surface area contributed by atoms with Crippen molar-refractivity contribution in [2.24, 2.45) is 45.3 Å². The predicted octanol–water partition coefficient (Wildman–Crippen LogP) is 9.75. The van der Waals surface area contributed by atoms with Gasteiger partial charge in [-0.3, -0.25) is 4.79 Å². The fourth-order valence-electron chi connectivity index (χ4n) is 13.7. The van der Waals surface area contributed by atoms with Crippen molar-refractivity contribution < 1.29 is 24.1 Å². The Hall–Kier alpha value is -1.58. The van der Waals surface area contributed by atoms with Gasteiger partial charge in [-0.25, -0.2) is 8.42 Å². The Morgan fingerprint density at radius 3 is 2.18 bits per heavy atom. The summed E-state index contributed by atoms with van der Waals surface area (Å²) in [7, 11) is 0.764. The number of ether oxygens (including phenoxy) is 2. The Labute approximate surface area is 337 Å². The van der Waals surface area contributed by atoms with E-state index >= 15 is 0 Å². The minimum absolute atomic E-state index is 0. The number of allylic oxidation sites excluding steroid dienone is 2. The van der Waals surface area contributed by atoms with E-state index in [4.69, 9.17) is 9.47 Å². The number of carbonyl (C=O) groups excluding carboxylic acids is 1. The third-order valence-corrected chi connectivity index (χ3v) is 18.6. The van der Waals surface area contributed by atoms with E-state index in [1.165, 1.54) is 43.2 Å². The first-order valence-electron chi connectivity index (χ1n) is 21.9. The number of benzene rings is 1. The maximum absolute atomic E-state index is 12.1. The molecule has 1 N–H and O–H groups in total. The standard InChI is InChI=1S/C45H72N2O5S.C2H6.H2/c1-11-45(46-24-25-47-26-28-53(49,50)29-27-47)23-22-43(7)36(37(45)30-41(5,52-10)31-51-9)16-17-39-42(6)20-18-35(34-14-12-33(13-15-34)32(2)48)40(3,4)38(42)19-21-44(39,43)8;1-2;/h12-15,18,36-39,46H,11,16-17,19-31H2,1-10H3;1-2H3;1H/t36-,37-,38+,39-,41?,42+,43-,44-,45+;;/m1../s1. The molecule has 1 aromatic carbocycles. The van der Waals surface area contributed by atoms with Crippen molar-refractivity contribution in [2.45, 2.75) is 138 Å². The molecule has 0 aromatic heterocycles. The zero-order chi connectivity index (χ0) is 40.7. The van der Waals surface area contributed by atoms with Gasteiger partial charge in [-0.2, -0.15) is 0 Å². The highest BCUT2D eigenvalue weighted by molar-refractivity contribution is 7.91. The Balaban J connectivity index is 0.00000228. The van der Waals surface area contributed by atoms with Gasteiger partial charge in [0.1, 0.15) is 0 Å². The zero-order valence-corrected chi connectivity index (χ0v) is 37.7. The second-order valence-corrected chi connectivity index (χ2v) is 22.0. The van der Waals surface area contributed by atoms with Crippen LogP contribution < -0.4 is 5.32 Å². The lowest BCUT2D eigenvalue weighted by Crippen LogP contribution is -2.69. The van der Waals surface area contributed by atoms with Gasteiger partial charge < -0.3 is 19.7 Å². The predicted molar refractivity (Wildman–Crippen MR) is 230 cm³/mol. The van der Waals surface area contributed by atoms with E-state index in [-0.39, 0.29) is 51.5 Å². The summed E-state index contributed by atoms with van der Waals surface area (Å²) >= 11 is 0. The molecule has 6 rings (SSSR count). The van der Waals surface area contributed by atoms with Crippen LogP contribution in [0.3, 0.4) is 0 Å². The average molecular weight is 785 g/mol. The molecule has 4 fully saturated rings. The first kappa shape index (κ1) is 44.5. The first-order chi connectivity index (χ1) is 25.8. The second-order valence-electron chi connectivity index (χ2n) is 19.7. The number of nitrogens with zero attached hydrogens (tertiary/aromatic N) is 1. The number of nitrogens with one attached hydrogen (secondary N) is 1. The molecule has 4 aliphatic carbocycles. The minimum Gasteiger partial charge on any atom is -0.382 e. The maximum atomic E-state index is 12.1. The smallest absolute Gasteiger partial charge is 0.159 e. The van der Waals surface area contributed by atoms with E-state index in [1.54, 1.807) is 14.0 Å². The number of fused-ring (bicyclic) bond motifs is 5. The van der Waals surface area contributed by atoms with E-state index in [9.17, 15) is 13.2 Å². The molecule has 55 heavy (non-hydrogen) atoms. The highest BCUT2D eigenvalue weighted by Crippen LogP contribution is 2.75. The summed E-state index contributed by atoms with van der Waals surface area (Å²) in [5.41, 5.74) is 3.82. The van der Waals surface area contributed by atoms with Gasteiger partial charge in [-0.05, 0) is 128 Å². The van der Waals surface area contributed by atoms with Crippen LogP contribution in [0.1, 0.15) is 144 Å². The van der Waals surface area contributed by atoms with Crippen LogP contribution in [0.25, 0.3) is 5.57 Å². The van der Waals surface area contributed by atoms with Crippen molar-refractivity contribution >= 4 is 21.2 Å². The van der Waals surface area contributed by atoms with E-state index in [0.717, 1.165) is 44.3 Å². The van der Waals surface area contributed by atoms with Gasteiger partial charge in [-0.15, -0.1) is 0 Å². The fourth-order valence-corrected chi connectivity index (χ4v) is 14.9. The van der Waals surface area contributed by atoms with Crippen molar-refractivity contribution in [3.8, 4) is 0 Å². The topological polar surface area (TPSA) is 84.9 Å². The number of sulfone groups is 1. The largest absolute Gasteiger partial charge is 0.382 e. The Morgan fingerprint density at radius 1 is 0.945 bits per heavy atom. The average Bonchev–Trinajstić information content (AvgIpc) is 3.14. The molecule has 314 valence electrons. The van der Waals surface area contributed by atoms with Crippen molar-refractivity contribution in [3.63, 3.8) is 0 Å². The van der Waals surface area contributed by atoms with Crippen molar-refractivity contribution in [2.75, 3.05) is 58.5 Å². The summed E-state index contributed by atoms with van der Waals surface area (Å²) in [6.07, 6.45) is 13.1. The molecule has 1 unspecified atom stereocenters. The molecule has 0 amide bonds. The number of ketones is 1. The molecule has 9 atom stereocenters. The van der Waals surface area contributed by atoms with Crippen LogP contribution in [-0.4, -0.2) is 88.8 Å². The highest BCUT2D eigenvalue weighted by atomic mass is 32.2. The van der Waals surface area contributed by atoms with Crippen molar-refractivity contribution in [1.82, 2.24) is 10.2 Å². The Morgan fingerprint density at radius 2 is 1.60 bits per heavy atom. The molecular weight excluding hydrogens is 705 g/mol. The third kappa shape index (κ3) is 7.96. The molecule has 0 bridgehead atoms. The van der Waals surface area contributed by atoms with Crippen LogP contribution in [0.4, 0.5) is 0 Å².